The summed E-state index contributed by atoms with van der Waals surface area (Å²) < 4.78 is 9.15. The van der Waals surface area contributed by atoms with Gasteiger partial charge in [-0.05, 0) is 6.42 Å². The zero-order valence-electron chi connectivity index (χ0n) is 11.5. The van der Waals surface area contributed by atoms with Crippen LogP contribution in [0.3, 0.4) is 0 Å². The van der Waals surface area contributed by atoms with Gasteiger partial charge < -0.3 is 9.30 Å². The number of imidazole rings is 1. The SMILES string of the molecule is CCCn1ncc(OC)c1C(NN)c1cn(C)cn1. The molecule has 0 amide bonds. The quantitative estimate of drug-likeness (QED) is 0.589. The van der Waals surface area contributed by atoms with Crippen LogP contribution in [-0.2, 0) is 13.6 Å². The van der Waals surface area contributed by atoms with E-state index in [2.05, 4.69) is 22.4 Å². The van der Waals surface area contributed by atoms with Crippen molar-refractivity contribution in [3.63, 3.8) is 0 Å². The molecule has 19 heavy (non-hydrogen) atoms. The molecule has 2 heterocycles. The molecule has 2 rings (SSSR count). The molecule has 0 fully saturated rings. The van der Waals surface area contributed by atoms with Gasteiger partial charge in [-0.1, -0.05) is 6.92 Å². The summed E-state index contributed by atoms with van der Waals surface area (Å²) in [5.41, 5.74) is 4.52. The Bertz CT molecular complexity index is 532. The Labute approximate surface area is 112 Å². The lowest BCUT2D eigenvalue weighted by atomic mass is 10.1. The molecule has 0 aromatic carbocycles. The zero-order chi connectivity index (χ0) is 13.8. The van der Waals surface area contributed by atoms with Crippen molar-refractivity contribution in [3.8, 4) is 5.75 Å². The van der Waals surface area contributed by atoms with Crippen LogP contribution in [-0.4, -0.2) is 26.4 Å². The molecule has 1 unspecified atom stereocenters. The Hall–Kier alpha value is -1.86. The summed E-state index contributed by atoms with van der Waals surface area (Å²) in [5, 5.41) is 4.34. The summed E-state index contributed by atoms with van der Waals surface area (Å²) in [6.45, 7) is 2.91. The van der Waals surface area contributed by atoms with Crippen LogP contribution in [0.5, 0.6) is 5.75 Å². The second-order valence-corrected chi connectivity index (χ2v) is 4.39. The summed E-state index contributed by atoms with van der Waals surface area (Å²) in [6, 6.07) is -0.245. The van der Waals surface area contributed by atoms with Crippen molar-refractivity contribution in [3.05, 3.63) is 30.1 Å². The number of rotatable bonds is 6. The molecule has 0 aliphatic carbocycles. The summed E-state index contributed by atoms with van der Waals surface area (Å²) >= 11 is 0. The van der Waals surface area contributed by atoms with Crippen molar-refractivity contribution in [1.82, 2.24) is 24.8 Å². The number of nitrogens with two attached hydrogens (primary N) is 1. The normalized spacial score (nSPS) is 12.6. The van der Waals surface area contributed by atoms with E-state index < -0.39 is 0 Å². The summed E-state index contributed by atoms with van der Waals surface area (Å²) in [7, 11) is 3.55. The number of ether oxygens (including phenoxy) is 1. The van der Waals surface area contributed by atoms with Gasteiger partial charge in [0.2, 0.25) is 0 Å². The maximum Gasteiger partial charge on any atom is 0.162 e. The molecule has 0 radical (unpaired) electrons. The molecular formula is C12H20N6O. The van der Waals surface area contributed by atoms with E-state index in [-0.39, 0.29) is 6.04 Å². The molecule has 104 valence electrons. The molecular weight excluding hydrogens is 244 g/mol. The van der Waals surface area contributed by atoms with Gasteiger partial charge in [-0.3, -0.25) is 10.5 Å². The Balaban J connectivity index is 2.44. The number of hydrogen-bond donors (Lipinski definition) is 2. The highest BCUT2D eigenvalue weighted by Crippen LogP contribution is 2.28. The minimum Gasteiger partial charge on any atom is -0.493 e. The first-order valence-electron chi connectivity index (χ1n) is 6.24. The van der Waals surface area contributed by atoms with E-state index in [1.165, 1.54) is 0 Å². The van der Waals surface area contributed by atoms with Crippen LogP contribution in [0, 0.1) is 0 Å². The number of nitrogens with zero attached hydrogens (tertiary/aromatic N) is 4. The number of hydrogen-bond acceptors (Lipinski definition) is 5. The lowest BCUT2D eigenvalue weighted by Gasteiger charge is -2.17. The fraction of sp³-hybridized carbons (Fsp3) is 0.500. The van der Waals surface area contributed by atoms with Gasteiger partial charge in [0.15, 0.2) is 5.75 Å². The Morgan fingerprint density at radius 3 is 2.84 bits per heavy atom. The molecule has 0 aliphatic heterocycles. The largest absolute Gasteiger partial charge is 0.493 e. The first kappa shape index (κ1) is 13.6. The van der Waals surface area contributed by atoms with Gasteiger partial charge in [-0.15, -0.1) is 0 Å². The minimum atomic E-state index is -0.245. The monoisotopic (exact) mass is 264 g/mol. The van der Waals surface area contributed by atoms with Crippen LogP contribution in [0.2, 0.25) is 0 Å². The van der Waals surface area contributed by atoms with E-state index in [0.29, 0.717) is 5.75 Å². The Morgan fingerprint density at radius 2 is 2.32 bits per heavy atom. The van der Waals surface area contributed by atoms with Crippen LogP contribution >= 0.6 is 0 Å². The first-order valence-corrected chi connectivity index (χ1v) is 6.24. The smallest absolute Gasteiger partial charge is 0.162 e. The van der Waals surface area contributed by atoms with Gasteiger partial charge >= 0.3 is 0 Å². The van der Waals surface area contributed by atoms with Crippen molar-refractivity contribution in [2.75, 3.05) is 7.11 Å². The molecule has 2 aromatic rings. The third-order valence-corrected chi connectivity index (χ3v) is 2.96. The highest BCUT2D eigenvalue weighted by Gasteiger charge is 2.24. The van der Waals surface area contributed by atoms with E-state index in [1.54, 1.807) is 19.6 Å². The number of aryl methyl sites for hydroxylation is 2. The zero-order valence-corrected chi connectivity index (χ0v) is 11.5. The fourth-order valence-corrected chi connectivity index (χ4v) is 2.10. The summed E-state index contributed by atoms with van der Waals surface area (Å²) in [4.78, 5) is 4.34. The number of nitrogens with one attached hydrogen (secondary N) is 1. The summed E-state index contributed by atoms with van der Waals surface area (Å²) in [5.74, 6) is 6.41. The molecule has 0 aliphatic rings. The van der Waals surface area contributed by atoms with Crippen LogP contribution in [0.15, 0.2) is 18.7 Å². The van der Waals surface area contributed by atoms with Crippen LogP contribution < -0.4 is 16.0 Å². The van der Waals surface area contributed by atoms with Crippen LogP contribution in [0.25, 0.3) is 0 Å². The molecule has 7 nitrogen and oxygen atoms in total. The molecule has 0 saturated heterocycles. The average Bonchev–Trinajstić information content (AvgIpc) is 2.99. The van der Waals surface area contributed by atoms with Gasteiger partial charge in [0.1, 0.15) is 11.7 Å². The minimum absolute atomic E-state index is 0.245. The van der Waals surface area contributed by atoms with Crippen molar-refractivity contribution >= 4 is 0 Å². The molecule has 0 saturated carbocycles. The highest BCUT2D eigenvalue weighted by molar-refractivity contribution is 5.33. The predicted molar refractivity (Wildman–Crippen MR) is 71.4 cm³/mol. The first-order chi connectivity index (χ1) is 9.21. The Morgan fingerprint density at radius 1 is 1.53 bits per heavy atom. The van der Waals surface area contributed by atoms with Gasteiger partial charge in [-0.25, -0.2) is 10.4 Å². The van der Waals surface area contributed by atoms with E-state index in [0.717, 1.165) is 24.4 Å². The van der Waals surface area contributed by atoms with Crippen molar-refractivity contribution < 1.29 is 4.74 Å². The molecule has 2 aromatic heterocycles. The second kappa shape index (κ2) is 5.85. The molecule has 0 bridgehead atoms. The lowest BCUT2D eigenvalue weighted by molar-refractivity contribution is 0.397. The van der Waals surface area contributed by atoms with Gasteiger partial charge in [0.05, 0.1) is 25.3 Å². The molecule has 0 spiro atoms. The summed E-state index contributed by atoms with van der Waals surface area (Å²) in [6.07, 6.45) is 6.36. The Kier molecular flexibility index (Phi) is 4.18. The topological polar surface area (TPSA) is 82.9 Å². The second-order valence-electron chi connectivity index (χ2n) is 4.39. The van der Waals surface area contributed by atoms with E-state index in [4.69, 9.17) is 10.6 Å². The van der Waals surface area contributed by atoms with E-state index in [9.17, 15) is 0 Å². The van der Waals surface area contributed by atoms with Crippen molar-refractivity contribution in [2.45, 2.75) is 25.9 Å². The van der Waals surface area contributed by atoms with E-state index in [1.807, 2.05) is 22.5 Å². The van der Waals surface area contributed by atoms with Crippen molar-refractivity contribution in [2.24, 2.45) is 12.9 Å². The van der Waals surface area contributed by atoms with Gasteiger partial charge in [0, 0.05) is 19.8 Å². The average molecular weight is 264 g/mol. The van der Waals surface area contributed by atoms with Crippen LogP contribution in [0.4, 0.5) is 0 Å². The van der Waals surface area contributed by atoms with E-state index >= 15 is 0 Å². The van der Waals surface area contributed by atoms with Crippen LogP contribution in [0.1, 0.15) is 30.8 Å². The third kappa shape index (κ3) is 2.61. The van der Waals surface area contributed by atoms with Gasteiger partial charge in [0.25, 0.3) is 0 Å². The number of aromatic nitrogens is 4. The number of methoxy groups -OCH3 is 1. The maximum atomic E-state index is 5.70. The molecule has 7 heteroatoms. The maximum absolute atomic E-state index is 5.70. The highest BCUT2D eigenvalue weighted by atomic mass is 16.5. The fourth-order valence-electron chi connectivity index (χ4n) is 2.10. The predicted octanol–water partition coefficient (Wildman–Crippen LogP) is 0.588. The third-order valence-electron chi connectivity index (χ3n) is 2.96. The van der Waals surface area contributed by atoms with Crippen molar-refractivity contribution in [1.29, 1.82) is 0 Å². The molecule has 1 atom stereocenters. The standard InChI is InChI=1S/C12H20N6O/c1-4-5-18-12(10(19-3)6-15-18)11(16-13)9-7-17(2)8-14-9/h6-8,11,16H,4-5,13H2,1-3H3. The number of hydrazine groups is 1. The molecule has 3 N–H and O–H groups in total. The lowest BCUT2D eigenvalue weighted by Crippen LogP contribution is -2.31. The van der Waals surface area contributed by atoms with Gasteiger partial charge in [-0.2, -0.15) is 5.10 Å².